The van der Waals surface area contributed by atoms with Gasteiger partial charge in [-0.3, -0.25) is 9.59 Å². The van der Waals surface area contributed by atoms with E-state index in [1.54, 1.807) is 19.9 Å². The molecule has 0 unspecified atom stereocenters. The highest BCUT2D eigenvalue weighted by Gasteiger charge is 2.17. The molecular weight excluding hydrogens is 302 g/mol. The number of nitrogens with zero attached hydrogens (tertiary/aromatic N) is 1. The third-order valence-electron chi connectivity index (χ3n) is 2.20. The fourth-order valence-corrected chi connectivity index (χ4v) is 1.91. The summed E-state index contributed by atoms with van der Waals surface area (Å²) in [7, 11) is 0. The van der Waals surface area contributed by atoms with Gasteiger partial charge in [0.15, 0.2) is 11.5 Å². The van der Waals surface area contributed by atoms with Crippen molar-refractivity contribution >= 4 is 27.7 Å². The van der Waals surface area contributed by atoms with Gasteiger partial charge >= 0.3 is 5.97 Å². The standard InChI is InChI=1S/C12H14BrNO4/c1-3-18-10(16)5-4-9(15)11-12(17)8(13)6-7(2)14-11/h6,17H,3-5H2,1-2H3. The summed E-state index contributed by atoms with van der Waals surface area (Å²) in [6.07, 6.45) is -0.0470. The zero-order chi connectivity index (χ0) is 13.7. The van der Waals surface area contributed by atoms with Crippen molar-refractivity contribution in [3.05, 3.63) is 21.9 Å². The SMILES string of the molecule is CCOC(=O)CCC(=O)c1nc(C)cc(Br)c1O. The third kappa shape index (κ3) is 3.80. The molecule has 18 heavy (non-hydrogen) atoms. The van der Waals surface area contributed by atoms with Crippen LogP contribution in [0.4, 0.5) is 0 Å². The molecule has 0 aromatic carbocycles. The smallest absolute Gasteiger partial charge is 0.306 e. The lowest BCUT2D eigenvalue weighted by atomic mass is 10.1. The molecule has 0 spiro atoms. The Balaban J connectivity index is 2.76. The van der Waals surface area contributed by atoms with Crippen LogP contribution in [0.3, 0.4) is 0 Å². The quantitative estimate of drug-likeness (QED) is 0.667. The van der Waals surface area contributed by atoms with Crippen molar-refractivity contribution < 1.29 is 19.4 Å². The summed E-state index contributed by atoms with van der Waals surface area (Å²) in [5, 5.41) is 9.71. The van der Waals surface area contributed by atoms with Crippen LogP contribution in [0.5, 0.6) is 5.75 Å². The van der Waals surface area contributed by atoms with E-state index in [0.717, 1.165) is 0 Å². The summed E-state index contributed by atoms with van der Waals surface area (Å²) < 4.78 is 5.13. The third-order valence-corrected chi connectivity index (χ3v) is 2.80. The number of hydrogen-bond donors (Lipinski definition) is 1. The summed E-state index contributed by atoms with van der Waals surface area (Å²) in [6, 6.07) is 1.61. The molecule has 0 fully saturated rings. The summed E-state index contributed by atoms with van der Waals surface area (Å²) in [4.78, 5) is 26.9. The molecule has 1 rings (SSSR count). The molecule has 0 aliphatic carbocycles. The minimum Gasteiger partial charge on any atom is -0.504 e. The van der Waals surface area contributed by atoms with Crippen LogP contribution in [0.25, 0.3) is 0 Å². The lowest BCUT2D eigenvalue weighted by Gasteiger charge is -2.06. The summed E-state index contributed by atoms with van der Waals surface area (Å²) >= 11 is 3.14. The summed E-state index contributed by atoms with van der Waals surface area (Å²) in [6.45, 7) is 3.70. The van der Waals surface area contributed by atoms with Crippen LogP contribution in [0.15, 0.2) is 10.5 Å². The number of halogens is 1. The largest absolute Gasteiger partial charge is 0.504 e. The number of ether oxygens (including phenoxy) is 1. The van der Waals surface area contributed by atoms with E-state index in [2.05, 4.69) is 20.9 Å². The Hall–Kier alpha value is -1.43. The minimum atomic E-state index is -0.433. The Labute approximate surface area is 113 Å². The maximum Gasteiger partial charge on any atom is 0.306 e. The molecule has 1 N–H and O–H groups in total. The molecule has 0 atom stereocenters. The van der Waals surface area contributed by atoms with Crippen LogP contribution in [0, 0.1) is 6.92 Å². The maximum absolute atomic E-state index is 11.8. The lowest BCUT2D eigenvalue weighted by molar-refractivity contribution is -0.143. The van der Waals surface area contributed by atoms with Crippen LogP contribution in [-0.2, 0) is 9.53 Å². The molecule has 5 nitrogen and oxygen atoms in total. The van der Waals surface area contributed by atoms with E-state index in [0.29, 0.717) is 10.2 Å². The highest BCUT2D eigenvalue weighted by Crippen LogP contribution is 2.28. The summed E-state index contributed by atoms with van der Waals surface area (Å²) in [5.41, 5.74) is 0.588. The molecule has 0 bridgehead atoms. The van der Waals surface area contributed by atoms with Crippen LogP contribution < -0.4 is 0 Å². The maximum atomic E-state index is 11.8. The Morgan fingerprint density at radius 1 is 1.44 bits per heavy atom. The fraction of sp³-hybridized carbons (Fsp3) is 0.417. The van der Waals surface area contributed by atoms with Crippen molar-refractivity contribution in [1.82, 2.24) is 4.98 Å². The van der Waals surface area contributed by atoms with Crippen molar-refractivity contribution in [3.8, 4) is 5.75 Å². The van der Waals surface area contributed by atoms with Gasteiger partial charge in [-0.15, -0.1) is 0 Å². The highest BCUT2D eigenvalue weighted by molar-refractivity contribution is 9.10. The average Bonchev–Trinajstić information content (AvgIpc) is 2.31. The van der Waals surface area contributed by atoms with E-state index in [9.17, 15) is 14.7 Å². The lowest BCUT2D eigenvalue weighted by Crippen LogP contribution is -2.09. The second-order valence-electron chi connectivity index (χ2n) is 3.67. The van der Waals surface area contributed by atoms with Crippen molar-refractivity contribution in [1.29, 1.82) is 0 Å². The molecule has 1 aromatic heterocycles. The number of pyridine rings is 1. The van der Waals surface area contributed by atoms with E-state index in [-0.39, 0.29) is 36.7 Å². The number of rotatable bonds is 5. The number of aromatic hydroxyl groups is 1. The zero-order valence-electron chi connectivity index (χ0n) is 10.2. The molecule has 1 aromatic rings. The highest BCUT2D eigenvalue weighted by atomic mass is 79.9. The first-order chi connectivity index (χ1) is 8.45. The first-order valence-electron chi connectivity index (χ1n) is 5.50. The van der Waals surface area contributed by atoms with E-state index in [1.165, 1.54) is 0 Å². The monoisotopic (exact) mass is 315 g/mol. The average molecular weight is 316 g/mol. The number of ketones is 1. The van der Waals surface area contributed by atoms with E-state index in [4.69, 9.17) is 4.74 Å². The van der Waals surface area contributed by atoms with E-state index in [1.807, 2.05) is 0 Å². The topological polar surface area (TPSA) is 76.5 Å². The number of Topliss-reactive ketones (excluding diaryl/α,β-unsaturated/α-hetero) is 1. The van der Waals surface area contributed by atoms with Gasteiger partial charge < -0.3 is 9.84 Å². The van der Waals surface area contributed by atoms with Gasteiger partial charge in [0.1, 0.15) is 5.69 Å². The second kappa shape index (κ2) is 6.49. The fourth-order valence-electron chi connectivity index (χ4n) is 1.39. The van der Waals surface area contributed by atoms with Crippen LogP contribution in [0.2, 0.25) is 0 Å². The van der Waals surface area contributed by atoms with Crippen LogP contribution in [0.1, 0.15) is 35.9 Å². The van der Waals surface area contributed by atoms with Gasteiger partial charge in [0.05, 0.1) is 17.5 Å². The van der Waals surface area contributed by atoms with Crippen molar-refractivity contribution in [3.63, 3.8) is 0 Å². The van der Waals surface area contributed by atoms with Gasteiger partial charge in [-0.1, -0.05) is 0 Å². The van der Waals surface area contributed by atoms with Crippen molar-refractivity contribution in [2.75, 3.05) is 6.61 Å². The van der Waals surface area contributed by atoms with Crippen LogP contribution >= 0.6 is 15.9 Å². The number of aromatic nitrogens is 1. The number of carbonyl (C=O) groups excluding carboxylic acids is 2. The van der Waals surface area contributed by atoms with Crippen molar-refractivity contribution in [2.24, 2.45) is 0 Å². The molecule has 0 radical (unpaired) electrons. The second-order valence-corrected chi connectivity index (χ2v) is 4.53. The molecule has 0 amide bonds. The van der Waals surface area contributed by atoms with Gasteiger partial charge in [-0.05, 0) is 35.8 Å². The molecule has 0 saturated carbocycles. The van der Waals surface area contributed by atoms with Gasteiger partial charge in [-0.2, -0.15) is 0 Å². The molecule has 1 heterocycles. The van der Waals surface area contributed by atoms with Gasteiger partial charge in [0.25, 0.3) is 0 Å². The summed E-state index contributed by atoms with van der Waals surface area (Å²) in [5.74, 6) is -1.02. The van der Waals surface area contributed by atoms with Gasteiger partial charge in [0, 0.05) is 12.1 Å². The van der Waals surface area contributed by atoms with E-state index >= 15 is 0 Å². The Morgan fingerprint density at radius 3 is 2.72 bits per heavy atom. The zero-order valence-corrected chi connectivity index (χ0v) is 11.8. The minimum absolute atomic E-state index is 0.0145. The Kier molecular flexibility index (Phi) is 5.27. The molecule has 98 valence electrons. The normalized spacial score (nSPS) is 10.2. The van der Waals surface area contributed by atoms with E-state index < -0.39 is 5.97 Å². The molecule has 0 saturated heterocycles. The number of esters is 1. The van der Waals surface area contributed by atoms with Gasteiger partial charge in [0.2, 0.25) is 0 Å². The molecule has 0 aliphatic heterocycles. The van der Waals surface area contributed by atoms with Crippen molar-refractivity contribution in [2.45, 2.75) is 26.7 Å². The number of carbonyl (C=O) groups is 2. The Morgan fingerprint density at radius 2 is 2.11 bits per heavy atom. The predicted octanol–water partition coefficient (Wildman–Crippen LogP) is 2.38. The molecule has 0 aliphatic rings. The van der Waals surface area contributed by atoms with Gasteiger partial charge in [-0.25, -0.2) is 4.98 Å². The first-order valence-corrected chi connectivity index (χ1v) is 6.30. The molecule has 6 heteroatoms. The number of hydrogen-bond acceptors (Lipinski definition) is 5. The molecular formula is C12H14BrNO4. The Bertz CT molecular complexity index is 473. The number of aryl methyl sites for hydroxylation is 1. The first kappa shape index (κ1) is 14.6. The van der Waals surface area contributed by atoms with Crippen LogP contribution in [-0.4, -0.2) is 28.4 Å². The predicted molar refractivity (Wildman–Crippen MR) is 68.5 cm³/mol.